The molecule has 2 atom stereocenters. The molecule has 1 unspecified atom stereocenters. The Labute approximate surface area is 172 Å². The molecule has 0 spiro atoms. The number of fused-ring (bicyclic) bond motifs is 3. The van der Waals surface area contributed by atoms with E-state index in [2.05, 4.69) is 0 Å². The number of aliphatic hydroxyl groups excluding tert-OH is 1. The highest BCUT2D eigenvalue weighted by Gasteiger charge is 2.41. The molecular weight excluding hydrogens is 385 g/mol. The average molecular weight is 405 g/mol. The van der Waals surface area contributed by atoms with Crippen molar-refractivity contribution in [2.24, 2.45) is 0 Å². The van der Waals surface area contributed by atoms with E-state index in [1.165, 1.54) is 18.1 Å². The zero-order valence-electron chi connectivity index (χ0n) is 16.3. The molecule has 0 aliphatic carbocycles. The molecule has 0 radical (unpaired) electrons. The molecule has 0 bridgehead atoms. The number of hydrogen-bond acceptors (Lipinski definition) is 4. The number of para-hydroxylation sites is 1. The normalized spacial score (nSPS) is 19.2. The summed E-state index contributed by atoms with van der Waals surface area (Å²) in [6.45, 7) is 0.244. The van der Waals surface area contributed by atoms with Crippen molar-refractivity contribution in [1.29, 1.82) is 0 Å². The van der Waals surface area contributed by atoms with Crippen LogP contribution in [0.3, 0.4) is 0 Å². The zero-order valence-corrected chi connectivity index (χ0v) is 16.3. The summed E-state index contributed by atoms with van der Waals surface area (Å²) in [7, 11) is 1.47. The Balaban J connectivity index is 1.55. The Morgan fingerprint density at radius 3 is 2.73 bits per heavy atom. The maximum atomic E-state index is 14.7. The van der Waals surface area contributed by atoms with Crippen molar-refractivity contribution in [1.82, 2.24) is 4.90 Å². The topological polar surface area (TPSA) is 62.9 Å². The van der Waals surface area contributed by atoms with Crippen molar-refractivity contribution in [3.05, 3.63) is 77.6 Å². The summed E-state index contributed by atoms with van der Waals surface area (Å²) in [6, 6.07) is 17.5. The highest BCUT2D eigenvalue weighted by Crippen LogP contribution is 2.40. The van der Waals surface area contributed by atoms with Crippen molar-refractivity contribution in [3.63, 3.8) is 0 Å². The fraction of sp³-hybridized carbons (Fsp3) is 0.208. The molecule has 152 valence electrons. The summed E-state index contributed by atoms with van der Waals surface area (Å²) in [5.41, 5.74) is 2.72. The van der Waals surface area contributed by atoms with Gasteiger partial charge in [0.25, 0.3) is 5.91 Å². The summed E-state index contributed by atoms with van der Waals surface area (Å²) in [5, 5.41) is 12.2. The lowest BCUT2D eigenvalue weighted by molar-refractivity contribution is -0.136. The Kier molecular flexibility index (Phi) is 4.44. The number of furan rings is 1. The summed E-state index contributed by atoms with van der Waals surface area (Å²) in [6.07, 6.45) is -1.05. The number of benzene rings is 3. The number of carbonyl (C=O) groups is 1. The van der Waals surface area contributed by atoms with Crippen LogP contribution in [-0.4, -0.2) is 29.1 Å². The molecule has 30 heavy (non-hydrogen) atoms. The minimum absolute atomic E-state index is 0.118. The van der Waals surface area contributed by atoms with E-state index in [-0.39, 0.29) is 13.0 Å². The molecule has 0 saturated carbocycles. The Morgan fingerprint density at radius 2 is 1.90 bits per heavy atom. The lowest BCUT2D eigenvalue weighted by atomic mass is 10.0. The second-order valence-corrected chi connectivity index (χ2v) is 7.52. The van der Waals surface area contributed by atoms with Crippen molar-refractivity contribution < 1.29 is 23.4 Å². The number of likely N-dealkylation sites (tertiary alicyclic amines) is 1. The number of hydrogen-bond donors (Lipinski definition) is 1. The van der Waals surface area contributed by atoms with Gasteiger partial charge in [-0.25, -0.2) is 4.39 Å². The predicted octanol–water partition coefficient (Wildman–Crippen LogP) is 4.57. The first-order valence-electron chi connectivity index (χ1n) is 9.78. The molecule has 1 aromatic heterocycles. The maximum Gasteiger partial charge on any atom is 0.252 e. The Morgan fingerprint density at radius 1 is 1.10 bits per heavy atom. The van der Waals surface area contributed by atoms with Crippen molar-refractivity contribution >= 4 is 27.8 Å². The van der Waals surface area contributed by atoms with Crippen molar-refractivity contribution in [2.75, 3.05) is 7.11 Å². The molecule has 1 saturated heterocycles. The van der Waals surface area contributed by atoms with Crippen LogP contribution in [0.4, 0.5) is 4.39 Å². The first-order valence-corrected chi connectivity index (χ1v) is 9.78. The van der Waals surface area contributed by atoms with Gasteiger partial charge in [-0.3, -0.25) is 4.79 Å². The summed E-state index contributed by atoms with van der Waals surface area (Å²) < 4.78 is 25.9. The van der Waals surface area contributed by atoms with Crippen molar-refractivity contribution in [3.8, 4) is 5.75 Å². The number of amides is 1. The van der Waals surface area contributed by atoms with Gasteiger partial charge in [0, 0.05) is 23.7 Å². The molecule has 2 heterocycles. The lowest BCUT2D eigenvalue weighted by Crippen LogP contribution is -2.31. The van der Waals surface area contributed by atoms with Gasteiger partial charge < -0.3 is 19.2 Å². The minimum atomic E-state index is -1.17. The van der Waals surface area contributed by atoms with Crippen LogP contribution in [0.25, 0.3) is 21.9 Å². The molecular formula is C24H20FNO4. The molecule has 1 amide bonds. The van der Waals surface area contributed by atoms with Gasteiger partial charge in [-0.05, 0) is 35.9 Å². The summed E-state index contributed by atoms with van der Waals surface area (Å²) in [4.78, 5) is 14.2. The van der Waals surface area contributed by atoms with Crippen LogP contribution in [0, 0.1) is 5.82 Å². The summed E-state index contributed by atoms with van der Waals surface area (Å²) >= 11 is 0. The number of rotatable bonds is 4. The Bertz CT molecular complexity index is 1260. The second kappa shape index (κ2) is 7.15. The van der Waals surface area contributed by atoms with Crippen LogP contribution >= 0.6 is 0 Å². The predicted molar refractivity (Wildman–Crippen MR) is 111 cm³/mol. The molecule has 1 aliphatic heterocycles. The van der Waals surface area contributed by atoms with Crippen LogP contribution < -0.4 is 4.74 Å². The van der Waals surface area contributed by atoms with Gasteiger partial charge in [-0.2, -0.15) is 0 Å². The second-order valence-electron chi connectivity index (χ2n) is 7.52. The fourth-order valence-corrected chi connectivity index (χ4v) is 4.33. The van der Waals surface area contributed by atoms with Crippen LogP contribution in [-0.2, 0) is 11.3 Å². The highest BCUT2D eigenvalue weighted by molar-refractivity contribution is 6.05. The average Bonchev–Trinajstić information content (AvgIpc) is 3.26. The van der Waals surface area contributed by atoms with E-state index in [9.17, 15) is 14.3 Å². The van der Waals surface area contributed by atoms with E-state index in [1.54, 1.807) is 12.1 Å². The van der Waals surface area contributed by atoms with Gasteiger partial charge in [-0.1, -0.05) is 30.3 Å². The molecule has 1 fully saturated rings. The fourth-order valence-electron chi connectivity index (χ4n) is 4.33. The van der Waals surface area contributed by atoms with E-state index < -0.39 is 23.9 Å². The van der Waals surface area contributed by atoms with Crippen LogP contribution in [0.15, 0.2) is 65.1 Å². The van der Waals surface area contributed by atoms with E-state index >= 15 is 0 Å². The quantitative estimate of drug-likeness (QED) is 0.540. The number of carbonyl (C=O) groups excluding carboxylic acids is 1. The van der Waals surface area contributed by atoms with Gasteiger partial charge in [0.15, 0.2) is 0 Å². The van der Waals surface area contributed by atoms with Crippen LogP contribution in [0.1, 0.15) is 23.6 Å². The SMILES string of the molecule is COc1cccc(F)c1C1C[C@@H](O)C(=O)N1Cc1ccc2oc3ccccc3c2c1. The number of nitrogens with zero attached hydrogens (tertiary/aromatic N) is 1. The minimum Gasteiger partial charge on any atom is -0.496 e. The van der Waals surface area contributed by atoms with E-state index in [0.717, 1.165) is 27.5 Å². The third-order valence-corrected chi connectivity index (χ3v) is 5.75. The van der Waals surface area contributed by atoms with E-state index in [1.807, 2.05) is 42.5 Å². The first-order chi connectivity index (χ1) is 14.6. The van der Waals surface area contributed by atoms with Crippen LogP contribution in [0.5, 0.6) is 5.75 Å². The molecule has 6 heteroatoms. The third kappa shape index (κ3) is 2.92. The molecule has 4 aromatic rings. The number of halogens is 1. The largest absolute Gasteiger partial charge is 0.496 e. The van der Waals surface area contributed by atoms with Gasteiger partial charge in [-0.15, -0.1) is 0 Å². The van der Waals surface area contributed by atoms with Gasteiger partial charge >= 0.3 is 0 Å². The van der Waals surface area contributed by atoms with E-state index in [0.29, 0.717) is 11.3 Å². The highest BCUT2D eigenvalue weighted by atomic mass is 19.1. The summed E-state index contributed by atoms with van der Waals surface area (Å²) in [5.74, 6) is -0.506. The van der Waals surface area contributed by atoms with Gasteiger partial charge in [0.2, 0.25) is 0 Å². The number of methoxy groups -OCH3 is 1. The lowest BCUT2D eigenvalue weighted by Gasteiger charge is -2.26. The van der Waals surface area contributed by atoms with E-state index in [4.69, 9.17) is 9.15 Å². The smallest absolute Gasteiger partial charge is 0.252 e. The van der Waals surface area contributed by atoms with Gasteiger partial charge in [0.05, 0.1) is 18.7 Å². The van der Waals surface area contributed by atoms with Gasteiger partial charge in [0.1, 0.15) is 28.8 Å². The monoisotopic (exact) mass is 405 g/mol. The Hall–Kier alpha value is -3.38. The molecule has 5 rings (SSSR count). The molecule has 1 N–H and O–H groups in total. The maximum absolute atomic E-state index is 14.7. The molecule has 3 aromatic carbocycles. The third-order valence-electron chi connectivity index (χ3n) is 5.75. The molecule has 1 aliphatic rings. The first kappa shape index (κ1) is 18.6. The number of ether oxygens (including phenoxy) is 1. The van der Waals surface area contributed by atoms with Crippen molar-refractivity contribution in [2.45, 2.75) is 25.1 Å². The van der Waals surface area contributed by atoms with Crippen LogP contribution in [0.2, 0.25) is 0 Å². The number of aliphatic hydroxyl groups is 1. The standard InChI is InChI=1S/C24H20FNO4/c1-29-22-8-4-6-17(25)23(22)18-12-19(27)24(28)26(18)13-14-9-10-21-16(11-14)15-5-2-3-7-20(15)30-21/h2-11,18-19,27H,12-13H2,1H3/t18?,19-/m1/s1. The molecule has 5 nitrogen and oxygen atoms in total. The zero-order chi connectivity index (χ0) is 20.8.